The zero-order chi connectivity index (χ0) is 22.6. The molecule has 166 valence electrons. The molecule has 0 unspecified atom stereocenters. The van der Waals surface area contributed by atoms with Crippen LogP contribution in [0.1, 0.15) is 18.1 Å². The summed E-state index contributed by atoms with van der Waals surface area (Å²) >= 11 is 0. The Morgan fingerprint density at radius 3 is 2.48 bits per heavy atom. The third-order valence-electron chi connectivity index (χ3n) is 4.66. The van der Waals surface area contributed by atoms with Crippen LogP contribution < -0.4 is 10.6 Å². The Labute approximate surface area is 174 Å². The lowest BCUT2D eigenvalue weighted by Gasteiger charge is -2.16. The number of alkyl halides is 4. The van der Waals surface area contributed by atoms with Gasteiger partial charge in [0.2, 0.25) is 0 Å². The molecule has 0 aliphatic rings. The van der Waals surface area contributed by atoms with Crippen molar-refractivity contribution < 1.29 is 26.3 Å². The van der Waals surface area contributed by atoms with E-state index in [1.165, 1.54) is 12.1 Å². The zero-order valence-electron chi connectivity index (χ0n) is 16.5. The first kappa shape index (κ1) is 22.5. The van der Waals surface area contributed by atoms with Gasteiger partial charge in [-0.2, -0.15) is 8.78 Å². The summed E-state index contributed by atoms with van der Waals surface area (Å²) in [6.07, 6.45) is 1.54. The Morgan fingerprint density at radius 1 is 1.06 bits per heavy atom. The Kier molecular flexibility index (Phi) is 6.77. The first-order valence-electron chi connectivity index (χ1n) is 9.43. The molecule has 2 aromatic carbocycles. The quantitative estimate of drug-likeness (QED) is 0.231. The van der Waals surface area contributed by atoms with Crippen LogP contribution in [-0.4, -0.2) is 30.6 Å². The van der Waals surface area contributed by atoms with Gasteiger partial charge in [-0.05, 0) is 31.2 Å². The molecule has 4 nitrogen and oxygen atoms in total. The maximum Gasteiger partial charge on any atom is 0.301 e. The topological polar surface area (TPSA) is 52.2 Å². The van der Waals surface area contributed by atoms with Crippen molar-refractivity contribution in [3.8, 4) is 0 Å². The Bertz CT molecular complexity index is 1090. The van der Waals surface area contributed by atoms with Gasteiger partial charge in [0.25, 0.3) is 0 Å². The van der Waals surface area contributed by atoms with Gasteiger partial charge in [-0.15, -0.1) is 0 Å². The van der Waals surface area contributed by atoms with Crippen LogP contribution in [0.25, 0.3) is 10.9 Å². The molecule has 3 N–H and O–H groups in total. The van der Waals surface area contributed by atoms with E-state index in [2.05, 4.69) is 20.6 Å². The summed E-state index contributed by atoms with van der Waals surface area (Å²) in [5, 5.41) is 6.05. The summed E-state index contributed by atoms with van der Waals surface area (Å²) in [6.45, 7) is -0.819. The summed E-state index contributed by atoms with van der Waals surface area (Å²) in [7, 11) is 0. The van der Waals surface area contributed by atoms with E-state index < -0.39 is 36.5 Å². The second kappa shape index (κ2) is 9.32. The molecule has 0 aliphatic heterocycles. The zero-order valence-corrected chi connectivity index (χ0v) is 16.5. The largest absolute Gasteiger partial charge is 0.376 e. The van der Waals surface area contributed by atoms with Gasteiger partial charge in [-0.1, -0.05) is 6.07 Å². The van der Waals surface area contributed by atoms with Crippen LogP contribution in [0, 0.1) is 11.6 Å². The van der Waals surface area contributed by atoms with Gasteiger partial charge in [-0.3, -0.25) is 4.99 Å². The molecule has 3 aromatic rings. The van der Waals surface area contributed by atoms with Gasteiger partial charge in [0.1, 0.15) is 24.1 Å². The molecule has 0 aliphatic carbocycles. The fourth-order valence-electron chi connectivity index (χ4n) is 3.13. The molecule has 0 radical (unpaired) electrons. The van der Waals surface area contributed by atoms with Crippen molar-refractivity contribution in [1.29, 1.82) is 0 Å². The number of aromatic nitrogens is 1. The van der Waals surface area contributed by atoms with Gasteiger partial charge in [0, 0.05) is 34.8 Å². The molecular weight excluding hydrogens is 422 g/mol. The van der Waals surface area contributed by atoms with Crippen LogP contribution in [0.5, 0.6) is 0 Å². The predicted molar refractivity (Wildman–Crippen MR) is 109 cm³/mol. The molecule has 31 heavy (non-hydrogen) atoms. The lowest BCUT2D eigenvalue weighted by molar-refractivity contribution is -0.0283. The lowest BCUT2D eigenvalue weighted by Crippen LogP contribution is -2.23. The average Bonchev–Trinajstić information content (AvgIpc) is 3.16. The third kappa shape index (κ3) is 4.78. The molecule has 0 atom stereocenters. The highest BCUT2D eigenvalue weighted by atomic mass is 19.3. The van der Waals surface area contributed by atoms with E-state index in [-0.39, 0.29) is 23.6 Å². The number of anilines is 2. The van der Waals surface area contributed by atoms with Crippen LogP contribution in [0.3, 0.4) is 0 Å². The predicted octanol–water partition coefficient (Wildman–Crippen LogP) is 5.92. The van der Waals surface area contributed by atoms with E-state index in [1.807, 2.05) is 0 Å². The number of nitrogens with one attached hydrogen (secondary N) is 3. The molecule has 1 aromatic heterocycles. The third-order valence-corrected chi connectivity index (χ3v) is 4.66. The highest BCUT2D eigenvalue weighted by Gasteiger charge is 2.32. The molecule has 0 spiro atoms. The summed E-state index contributed by atoms with van der Waals surface area (Å²) in [6, 6.07) is 5.22. The minimum absolute atomic E-state index is 0.0326. The number of benzene rings is 2. The van der Waals surface area contributed by atoms with Crippen LogP contribution in [0.4, 0.5) is 37.7 Å². The van der Waals surface area contributed by atoms with Gasteiger partial charge >= 0.3 is 5.92 Å². The van der Waals surface area contributed by atoms with Crippen molar-refractivity contribution in [2.45, 2.75) is 19.5 Å². The van der Waals surface area contributed by atoms with Crippen molar-refractivity contribution >= 4 is 28.1 Å². The SMILES string of the molecule is CC/N=C(/CNc1c[nH]c2ccc(F)c(CF)c12)Nc1ccc(C(F)(F)CF)cc1F. The number of amidine groups is 1. The van der Waals surface area contributed by atoms with E-state index >= 15 is 0 Å². The monoisotopic (exact) mass is 442 g/mol. The highest BCUT2D eigenvalue weighted by molar-refractivity contribution is 6.01. The number of halogens is 6. The molecular formula is C21H20F6N4. The average molecular weight is 442 g/mol. The minimum atomic E-state index is -3.78. The molecule has 3 rings (SSSR count). The molecule has 1 heterocycles. The number of fused-ring (bicyclic) bond motifs is 1. The van der Waals surface area contributed by atoms with Crippen molar-refractivity contribution in [3.05, 3.63) is 59.3 Å². The maximum atomic E-state index is 14.3. The first-order chi connectivity index (χ1) is 14.8. The standard InChI is InChI=1S/C21H20F6N4/c1-2-28-19(31-16-5-3-12(7-15(16)25)21(26,27)11-23)10-30-18-9-29-17-6-4-14(24)13(8-22)20(17)18/h3-7,9,29-30H,2,8,10-11H2,1H3,(H,28,31). The Hall–Kier alpha value is -3.17. The number of aromatic amines is 1. The molecule has 0 saturated carbocycles. The van der Waals surface area contributed by atoms with E-state index in [0.717, 1.165) is 12.1 Å². The summed E-state index contributed by atoms with van der Waals surface area (Å²) in [5.74, 6) is -5.19. The highest BCUT2D eigenvalue weighted by Crippen LogP contribution is 2.31. The molecule has 0 bridgehead atoms. The smallest absolute Gasteiger partial charge is 0.301 e. The number of H-pyrrole nitrogens is 1. The van der Waals surface area contributed by atoms with Crippen LogP contribution in [0.2, 0.25) is 0 Å². The van der Waals surface area contributed by atoms with Crippen molar-refractivity contribution in [3.63, 3.8) is 0 Å². The van der Waals surface area contributed by atoms with Crippen LogP contribution in [-0.2, 0) is 12.6 Å². The number of hydrogen-bond donors (Lipinski definition) is 3. The van der Waals surface area contributed by atoms with E-state index in [0.29, 0.717) is 29.2 Å². The number of hydrogen-bond acceptors (Lipinski definition) is 2. The summed E-state index contributed by atoms with van der Waals surface area (Å²) < 4.78 is 80.9. The number of rotatable bonds is 8. The first-order valence-corrected chi connectivity index (χ1v) is 9.43. The maximum absolute atomic E-state index is 14.3. The Balaban J connectivity index is 1.80. The number of nitrogens with zero attached hydrogens (tertiary/aromatic N) is 1. The van der Waals surface area contributed by atoms with E-state index in [9.17, 15) is 26.3 Å². The molecule has 10 heteroatoms. The second-order valence-electron chi connectivity index (χ2n) is 6.72. The van der Waals surface area contributed by atoms with E-state index in [4.69, 9.17) is 0 Å². The van der Waals surface area contributed by atoms with Crippen molar-refractivity contribution in [1.82, 2.24) is 4.98 Å². The summed E-state index contributed by atoms with van der Waals surface area (Å²) in [5.41, 5.74) is -0.0368. The molecule has 0 fully saturated rings. The van der Waals surface area contributed by atoms with Crippen molar-refractivity contribution in [2.24, 2.45) is 4.99 Å². The van der Waals surface area contributed by atoms with Gasteiger partial charge < -0.3 is 15.6 Å². The minimum Gasteiger partial charge on any atom is -0.376 e. The normalized spacial score (nSPS) is 12.4. The second-order valence-corrected chi connectivity index (χ2v) is 6.72. The summed E-state index contributed by atoms with van der Waals surface area (Å²) in [4.78, 5) is 7.11. The van der Waals surface area contributed by atoms with Crippen LogP contribution >= 0.6 is 0 Å². The molecule has 0 amide bonds. The fraction of sp³-hybridized carbons (Fsp3) is 0.286. The lowest BCUT2D eigenvalue weighted by atomic mass is 10.1. The van der Waals surface area contributed by atoms with Gasteiger partial charge in [-0.25, -0.2) is 17.6 Å². The van der Waals surface area contributed by atoms with Crippen molar-refractivity contribution in [2.75, 3.05) is 30.4 Å². The van der Waals surface area contributed by atoms with E-state index in [1.54, 1.807) is 13.1 Å². The number of aliphatic imine (C=N–C) groups is 1. The molecule has 0 saturated heterocycles. The van der Waals surface area contributed by atoms with Crippen LogP contribution in [0.15, 0.2) is 41.5 Å². The van der Waals surface area contributed by atoms with Gasteiger partial charge in [0.05, 0.1) is 17.9 Å². The fourth-order valence-corrected chi connectivity index (χ4v) is 3.13. The van der Waals surface area contributed by atoms with Gasteiger partial charge in [0.15, 0.2) is 6.67 Å². The Morgan fingerprint density at radius 2 is 1.84 bits per heavy atom.